The van der Waals surface area contributed by atoms with Gasteiger partial charge < -0.3 is 24.4 Å². The molecule has 0 unspecified atom stereocenters. The van der Waals surface area contributed by atoms with E-state index in [0.29, 0.717) is 35.9 Å². The summed E-state index contributed by atoms with van der Waals surface area (Å²) in [6.45, 7) is 7.75. The van der Waals surface area contributed by atoms with Crippen molar-refractivity contribution in [2.75, 3.05) is 46.5 Å². The average Bonchev–Trinajstić information content (AvgIpc) is 2.91. The number of hydrogen-bond acceptors (Lipinski definition) is 6. The third kappa shape index (κ3) is 7.32. The van der Waals surface area contributed by atoms with E-state index in [4.69, 9.17) is 9.47 Å². The highest BCUT2D eigenvalue weighted by Crippen LogP contribution is 2.27. The number of amides is 1. The van der Waals surface area contributed by atoms with Crippen molar-refractivity contribution in [3.8, 4) is 17.7 Å². The molecule has 0 spiro atoms. The number of nitrogens with zero attached hydrogens (tertiary/aromatic N) is 3. The number of benzene rings is 1. The van der Waals surface area contributed by atoms with Gasteiger partial charge in [-0.3, -0.25) is 4.79 Å². The smallest absolute Gasteiger partial charge is 0.259 e. The van der Waals surface area contributed by atoms with Crippen molar-refractivity contribution in [1.29, 1.82) is 0 Å². The van der Waals surface area contributed by atoms with Crippen LogP contribution < -0.4 is 4.74 Å². The lowest BCUT2D eigenvalue weighted by Crippen LogP contribution is -2.50. The second kappa shape index (κ2) is 13.0. The monoisotopic (exact) mass is 505 g/mol. The summed E-state index contributed by atoms with van der Waals surface area (Å²) in [5.41, 5.74) is 2.21. The molecule has 1 saturated heterocycles. The largest absolute Gasteiger partial charge is 0.472 e. The first kappa shape index (κ1) is 27.1. The van der Waals surface area contributed by atoms with E-state index in [2.05, 4.69) is 35.7 Å². The van der Waals surface area contributed by atoms with Crippen LogP contribution in [0.4, 0.5) is 0 Å². The normalized spacial score (nSPS) is 21.3. The summed E-state index contributed by atoms with van der Waals surface area (Å²) >= 11 is 0. The number of aliphatic hydroxyl groups is 1. The van der Waals surface area contributed by atoms with Crippen molar-refractivity contribution in [2.24, 2.45) is 11.8 Å². The number of aromatic nitrogens is 1. The second-order valence-electron chi connectivity index (χ2n) is 10.4. The Balaban J connectivity index is 1.55. The van der Waals surface area contributed by atoms with Crippen molar-refractivity contribution in [3.63, 3.8) is 0 Å². The molecule has 4 rings (SSSR count). The van der Waals surface area contributed by atoms with Crippen LogP contribution in [0.3, 0.4) is 0 Å². The molecule has 2 aliphatic rings. The van der Waals surface area contributed by atoms with Crippen LogP contribution in [0.5, 0.6) is 5.88 Å². The average molecular weight is 506 g/mol. The zero-order chi connectivity index (χ0) is 26.2. The molecule has 198 valence electrons. The summed E-state index contributed by atoms with van der Waals surface area (Å²) in [5.74, 6) is 7.17. The highest BCUT2D eigenvalue weighted by Gasteiger charge is 2.34. The highest BCUT2D eigenvalue weighted by atomic mass is 16.5. The third-order valence-electron chi connectivity index (χ3n) is 7.29. The molecule has 2 aliphatic heterocycles. The lowest BCUT2D eigenvalue weighted by molar-refractivity contribution is 0.0254. The Hall–Kier alpha value is -2.92. The Bertz CT molecular complexity index is 1090. The molecule has 7 heteroatoms. The van der Waals surface area contributed by atoms with E-state index in [1.165, 1.54) is 0 Å². The van der Waals surface area contributed by atoms with Crippen molar-refractivity contribution in [1.82, 2.24) is 14.8 Å². The van der Waals surface area contributed by atoms with Crippen LogP contribution in [-0.4, -0.2) is 84.4 Å². The fourth-order valence-corrected chi connectivity index (χ4v) is 4.98. The molecule has 37 heavy (non-hydrogen) atoms. The van der Waals surface area contributed by atoms with Crippen molar-refractivity contribution >= 4 is 5.91 Å². The maximum Gasteiger partial charge on any atom is 0.259 e. The third-order valence-corrected chi connectivity index (χ3v) is 7.29. The molecule has 1 amide bonds. The van der Waals surface area contributed by atoms with Crippen LogP contribution in [0, 0.1) is 23.7 Å². The first-order valence-electron chi connectivity index (χ1n) is 13.3. The molecule has 0 saturated carbocycles. The predicted octanol–water partition coefficient (Wildman–Crippen LogP) is 3.25. The Labute approximate surface area is 220 Å². The molecule has 1 N–H and O–H groups in total. The Kier molecular flexibility index (Phi) is 9.56. The van der Waals surface area contributed by atoms with Crippen LogP contribution in [0.1, 0.15) is 48.2 Å². The standard InChI is InChI=1S/C30H39N3O4/c1-22-18-33(23(2)21-34)30(35)27-16-26(11-7-10-24-8-5-4-6-9-24)17-31-29(27)37-28(22)20-32(3)19-25-12-14-36-15-13-25/h4-6,8-9,16-17,22-23,25,28,34H,10,12-15,18-21H2,1-3H3/t22-,23-,28-/m1/s1. The van der Waals surface area contributed by atoms with E-state index in [1.54, 1.807) is 17.2 Å². The first-order chi connectivity index (χ1) is 17.9. The number of carbonyl (C=O) groups excluding carboxylic acids is 1. The number of hydrogen-bond donors (Lipinski definition) is 1. The van der Waals surface area contributed by atoms with Gasteiger partial charge >= 0.3 is 0 Å². The van der Waals surface area contributed by atoms with Crippen molar-refractivity contribution in [2.45, 2.75) is 45.3 Å². The van der Waals surface area contributed by atoms with Gasteiger partial charge in [-0.1, -0.05) is 49.1 Å². The van der Waals surface area contributed by atoms with Gasteiger partial charge in [0.2, 0.25) is 5.88 Å². The van der Waals surface area contributed by atoms with Gasteiger partial charge in [-0.2, -0.15) is 0 Å². The number of fused-ring (bicyclic) bond motifs is 1. The molecule has 0 radical (unpaired) electrons. The van der Waals surface area contributed by atoms with Gasteiger partial charge in [0, 0.05) is 56.9 Å². The van der Waals surface area contributed by atoms with Gasteiger partial charge in [0.05, 0.1) is 12.6 Å². The summed E-state index contributed by atoms with van der Waals surface area (Å²) in [5, 5.41) is 9.89. The number of carbonyl (C=O) groups is 1. The van der Waals surface area contributed by atoms with Gasteiger partial charge in [-0.25, -0.2) is 4.98 Å². The molecule has 2 aromatic rings. The van der Waals surface area contributed by atoms with Gasteiger partial charge in [-0.15, -0.1) is 0 Å². The van der Waals surface area contributed by atoms with E-state index < -0.39 is 0 Å². The Morgan fingerprint density at radius 1 is 1.22 bits per heavy atom. The van der Waals surface area contributed by atoms with Crippen LogP contribution in [0.2, 0.25) is 0 Å². The molecule has 1 aromatic heterocycles. The predicted molar refractivity (Wildman–Crippen MR) is 143 cm³/mol. The first-order valence-corrected chi connectivity index (χ1v) is 13.3. The maximum absolute atomic E-state index is 13.6. The fraction of sp³-hybridized carbons (Fsp3) is 0.533. The summed E-state index contributed by atoms with van der Waals surface area (Å²) in [7, 11) is 2.13. The van der Waals surface area contributed by atoms with Crippen LogP contribution >= 0.6 is 0 Å². The summed E-state index contributed by atoms with van der Waals surface area (Å²) in [4.78, 5) is 22.2. The quantitative estimate of drug-likeness (QED) is 0.583. The Morgan fingerprint density at radius 3 is 2.70 bits per heavy atom. The number of ether oxygens (including phenoxy) is 2. The fourth-order valence-electron chi connectivity index (χ4n) is 4.98. The molecule has 0 aliphatic carbocycles. The second-order valence-corrected chi connectivity index (χ2v) is 10.4. The molecule has 7 nitrogen and oxygen atoms in total. The van der Waals surface area contributed by atoms with Crippen LogP contribution in [-0.2, 0) is 11.2 Å². The summed E-state index contributed by atoms with van der Waals surface area (Å²) < 4.78 is 11.9. The molecule has 3 atom stereocenters. The zero-order valence-electron chi connectivity index (χ0n) is 22.2. The minimum absolute atomic E-state index is 0.0652. The minimum atomic E-state index is -0.311. The van der Waals surface area contributed by atoms with E-state index in [9.17, 15) is 9.90 Å². The maximum atomic E-state index is 13.6. The number of pyridine rings is 1. The molecule has 1 aromatic carbocycles. The summed E-state index contributed by atoms with van der Waals surface area (Å²) in [6.07, 6.45) is 4.32. The van der Waals surface area contributed by atoms with Gasteiger partial charge in [0.15, 0.2) is 0 Å². The topological polar surface area (TPSA) is 75.1 Å². The van der Waals surface area contributed by atoms with E-state index in [0.717, 1.165) is 44.7 Å². The zero-order valence-corrected chi connectivity index (χ0v) is 22.2. The molecular weight excluding hydrogens is 466 g/mol. The van der Waals surface area contributed by atoms with Crippen LogP contribution in [0.25, 0.3) is 0 Å². The molecule has 1 fully saturated rings. The minimum Gasteiger partial charge on any atom is -0.472 e. The molecule has 0 bridgehead atoms. The lowest BCUT2D eigenvalue weighted by Gasteiger charge is -2.38. The van der Waals surface area contributed by atoms with E-state index in [-0.39, 0.29) is 30.6 Å². The number of aliphatic hydroxyl groups excluding tert-OH is 1. The van der Waals surface area contributed by atoms with Gasteiger partial charge in [0.1, 0.15) is 11.7 Å². The Morgan fingerprint density at radius 2 is 1.97 bits per heavy atom. The highest BCUT2D eigenvalue weighted by molar-refractivity contribution is 5.97. The lowest BCUT2D eigenvalue weighted by atomic mass is 9.97. The van der Waals surface area contributed by atoms with E-state index in [1.807, 2.05) is 37.3 Å². The van der Waals surface area contributed by atoms with Crippen molar-refractivity contribution < 1.29 is 19.4 Å². The van der Waals surface area contributed by atoms with E-state index >= 15 is 0 Å². The van der Waals surface area contributed by atoms with Crippen LogP contribution in [0.15, 0.2) is 42.6 Å². The SMILES string of the molecule is C[C@@H]1CN([C@H](C)CO)C(=O)c2cc(C#CCc3ccccc3)cnc2O[C@@H]1CN(C)CC1CCOCC1. The van der Waals surface area contributed by atoms with Gasteiger partial charge in [0.25, 0.3) is 5.91 Å². The number of rotatable bonds is 7. The van der Waals surface area contributed by atoms with Crippen molar-refractivity contribution in [3.05, 3.63) is 59.3 Å². The molecule has 3 heterocycles. The summed E-state index contributed by atoms with van der Waals surface area (Å²) in [6, 6.07) is 11.5. The number of likely N-dealkylation sites (N-methyl/N-ethyl adjacent to an activating group) is 1. The molecular formula is C30H39N3O4. The van der Waals surface area contributed by atoms with Gasteiger partial charge in [-0.05, 0) is 44.4 Å².